The molecule has 0 heterocycles. The van der Waals surface area contributed by atoms with Gasteiger partial charge in [-0.25, -0.2) is 0 Å². The second-order valence-corrected chi connectivity index (χ2v) is 30.2. The summed E-state index contributed by atoms with van der Waals surface area (Å²) in [5, 5.41) is 0. The number of hydrogen-bond acceptors (Lipinski definition) is 0. The van der Waals surface area contributed by atoms with Crippen molar-refractivity contribution < 1.29 is 0 Å². The summed E-state index contributed by atoms with van der Waals surface area (Å²) < 4.78 is 0. The number of halogens is 6. The minimum absolute atomic E-state index is 0.294. The van der Waals surface area contributed by atoms with Gasteiger partial charge in [0.15, 0.2) is 0 Å². The van der Waals surface area contributed by atoms with Gasteiger partial charge >= 0.3 is 0 Å². The van der Waals surface area contributed by atoms with Crippen LogP contribution in [0.1, 0.15) is 29.2 Å². The quantitative estimate of drug-likeness (QED) is 0.183. The second-order valence-electron chi connectivity index (χ2n) is 8.28. The summed E-state index contributed by atoms with van der Waals surface area (Å²) in [5.41, 5.74) is 4.02. The zero-order valence-corrected chi connectivity index (χ0v) is 29.0. The minimum Gasteiger partial charge on any atom is -0.151 e. The SMILES string of the molecule is C=Cc1ccccc1.CC(c1ccccc1)[Si](C)(Cl)Cl.C[SiH](Cl)Cl.C[Si](Cl)(Cl)CCc1ccccc1. The highest BCUT2D eigenvalue weighted by atomic mass is 35.7. The zero-order valence-electron chi connectivity index (χ0n) is 21.3. The van der Waals surface area contributed by atoms with E-state index in [0.29, 0.717) is 5.54 Å². The molecule has 0 aliphatic heterocycles. The van der Waals surface area contributed by atoms with Crippen molar-refractivity contribution in [3.63, 3.8) is 0 Å². The maximum Gasteiger partial charge on any atom is 0.255 e. The normalized spacial score (nSPS) is 11.5. The highest BCUT2D eigenvalue weighted by Gasteiger charge is 2.30. The Morgan fingerprint density at radius 2 is 1.17 bits per heavy atom. The molecule has 0 radical (unpaired) electrons. The lowest BCUT2D eigenvalue weighted by atomic mass is 10.2. The molecule has 0 nitrogen and oxygen atoms in total. The van der Waals surface area contributed by atoms with Crippen molar-refractivity contribution in [3.05, 3.63) is 114 Å². The molecule has 3 aromatic rings. The van der Waals surface area contributed by atoms with E-state index in [0.717, 1.165) is 12.5 Å². The molecule has 0 spiro atoms. The molecule has 36 heavy (non-hydrogen) atoms. The average Bonchev–Trinajstić information content (AvgIpc) is 2.83. The Hall–Kier alpha value is -0.209. The largest absolute Gasteiger partial charge is 0.255 e. The van der Waals surface area contributed by atoms with Crippen LogP contribution in [0.2, 0.25) is 25.7 Å². The predicted molar refractivity (Wildman–Crippen MR) is 178 cm³/mol. The molecular formula is C27H36Cl6Si3. The third-order valence-corrected chi connectivity index (χ3v) is 10.9. The van der Waals surface area contributed by atoms with E-state index in [2.05, 4.69) is 37.8 Å². The van der Waals surface area contributed by atoms with Crippen molar-refractivity contribution in [2.75, 3.05) is 0 Å². The van der Waals surface area contributed by atoms with E-state index in [9.17, 15) is 0 Å². The van der Waals surface area contributed by atoms with Gasteiger partial charge in [-0.2, -0.15) is 22.2 Å². The summed E-state index contributed by atoms with van der Waals surface area (Å²) in [4.78, 5) is 0. The van der Waals surface area contributed by atoms with Crippen LogP contribution in [0.3, 0.4) is 0 Å². The molecule has 0 amide bonds. The maximum absolute atomic E-state index is 6.12. The van der Waals surface area contributed by atoms with Gasteiger partial charge in [-0.1, -0.05) is 111 Å². The molecule has 0 bridgehead atoms. The summed E-state index contributed by atoms with van der Waals surface area (Å²) in [6, 6.07) is 31.4. The molecule has 0 aliphatic carbocycles. The van der Waals surface area contributed by atoms with Crippen LogP contribution < -0.4 is 0 Å². The van der Waals surface area contributed by atoms with E-state index in [1.54, 1.807) is 0 Å². The Bertz CT molecular complexity index is 926. The van der Waals surface area contributed by atoms with Crippen molar-refractivity contribution in [2.45, 2.75) is 44.6 Å². The van der Waals surface area contributed by atoms with Gasteiger partial charge in [0.1, 0.15) is 0 Å². The van der Waals surface area contributed by atoms with Gasteiger partial charge in [0, 0.05) is 5.54 Å². The Morgan fingerprint density at radius 3 is 1.50 bits per heavy atom. The first-order chi connectivity index (χ1) is 16.8. The predicted octanol–water partition coefficient (Wildman–Crippen LogP) is 11.3. The first kappa shape index (κ1) is 35.8. The molecule has 9 heteroatoms. The monoisotopic (exact) mass is 654 g/mol. The van der Waals surface area contributed by atoms with Crippen LogP contribution >= 0.6 is 66.5 Å². The Morgan fingerprint density at radius 1 is 0.778 bits per heavy atom. The molecule has 3 rings (SSSR count). The van der Waals surface area contributed by atoms with Gasteiger partial charge in [0.25, 0.3) is 6.69 Å². The molecule has 0 saturated heterocycles. The molecule has 198 valence electrons. The molecule has 0 aromatic heterocycles. The lowest BCUT2D eigenvalue weighted by Crippen LogP contribution is -2.22. The third-order valence-electron chi connectivity index (χ3n) is 4.79. The van der Waals surface area contributed by atoms with Crippen LogP contribution in [0.5, 0.6) is 0 Å². The van der Waals surface area contributed by atoms with Gasteiger partial charge in [-0.3, -0.25) is 0 Å². The molecular weight excluding hydrogens is 621 g/mol. The van der Waals surface area contributed by atoms with Crippen LogP contribution in [0.15, 0.2) is 97.6 Å². The molecule has 0 saturated carbocycles. The van der Waals surface area contributed by atoms with Crippen LogP contribution in [0, 0.1) is 0 Å². The molecule has 0 fully saturated rings. The number of benzene rings is 3. The van der Waals surface area contributed by atoms with Crippen molar-refractivity contribution in [2.24, 2.45) is 0 Å². The fourth-order valence-electron chi connectivity index (χ4n) is 2.63. The summed E-state index contributed by atoms with van der Waals surface area (Å²) in [5.74, 6) is 0. The fraction of sp³-hybridized carbons (Fsp3) is 0.259. The number of hydrogen-bond donors (Lipinski definition) is 0. The summed E-state index contributed by atoms with van der Waals surface area (Å²) in [7, 11) is -1.19. The first-order valence-electron chi connectivity index (χ1n) is 11.6. The van der Waals surface area contributed by atoms with Crippen LogP contribution in [-0.4, -0.2) is 20.8 Å². The van der Waals surface area contributed by atoms with Gasteiger partial charge in [-0.15, -0.1) is 44.3 Å². The third kappa shape index (κ3) is 20.8. The lowest BCUT2D eigenvalue weighted by molar-refractivity contribution is 1.05. The maximum atomic E-state index is 6.12. The molecule has 1 atom stereocenters. The zero-order chi connectivity index (χ0) is 27.6. The lowest BCUT2D eigenvalue weighted by Gasteiger charge is -2.19. The summed E-state index contributed by atoms with van der Waals surface area (Å²) in [6.45, 7) is 7.51. The van der Waals surface area contributed by atoms with Gasteiger partial charge in [0.2, 0.25) is 14.1 Å². The van der Waals surface area contributed by atoms with Crippen molar-refractivity contribution in [1.82, 2.24) is 0 Å². The highest BCUT2D eigenvalue weighted by Crippen LogP contribution is 2.32. The minimum atomic E-state index is -2.06. The van der Waals surface area contributed by atoms with Crippen LogP contribution in [-0.2, 0) is 6.42 Å². The Balaban J connectivity index is 0.000000483. The standard InChI is InChI=1S/2C9H12Cl2Si.C8H8.CH4Cl2Si/c1-8(12(2,10)11)9-6-4-3-5-7-9;1-12(10,11)8-7-9-5-3-2-4-6-9;1-2-8-6-4-3-5-7-8;1-4(2)3/h3-8H,1-2H3;2-6H,7-8H2,1H3;2-7H,1H2;4H,1H3. The van der Waals surface area contributed by atoms with E-state index in [-0.39, 0.29) is 0 Å². The van der Waals surface area contributed by atoms with E-state index in [4.69, 9.17) is 66.5 Å². The molecule has 0 N–H and O–H groups in total. The van der Waals surface area contributed by atoms with Gasteiger partial charge in [0.05, 0.1) is 0 Å². The number of aryl methyl sites for hydroxylation is 1. The fourth-order valence-corrected chi connectivity index (χ4v) is 5.46. The summed E-state index contributed by atoms with van der Waals surface area (Å²) in [6.07, 6.45) is 2.83. The van der Waals surface area contributed by atoms with Crippen molar-refractivity contribution in [3.8, 4) is 0 Å². The topological polar surface area (TPSA) is 0 Å². The van der Waals surface area contributed by atoms with Crippen LogP contribution in [0.25, 0.3) is 6.08 Å². The van der Waals surface area contributed by atoms with E-state index >= 15 is 0 Å². The smallest absolute Gasteiger partial charge is 0.151 e. The van der Waals surface area contributed by atoms with Gasteiger partial charge in [-0.05, 0) is 48.8 Å². The number of rotatable bonds is 6. The highest BCUT2D eigenvalue weighted by molar-refractivity contribution is 7.45. The Kier molecular flexibility index (Phi) is 19.7. The molecule has 0 aliphatic rings. The van der Waals surface area contributed by atoms with E-state index < -0.39 is 20.8 Å². The van der Waals surface area contributed by atoms with Crippen molar-refractivity contribution in [1.29, 1.82) is 0 Å². The second kappa shape index (κ2) is 19.8. The average molecular weight is 658 g/mol. The van der Waals surface area contributed by atoms with Crippen molar-refractivity contribution >= 4 is 93.4 Å². The van der Waals surface area contributed by atoms with E-state index in [1.807, 2.05) is 92.4 Å². The van der Waals surface area contributed by atoms with Crippen LogP contribution in [0.4, 0.5) is 0 Å². The Labute approximate surface area is 250 Å². The summed E-state index contributed by atoms with van der Waals surface area (Å²) >= 11 is 34.6. The van der Waals surface area contributed by atoms with E-state index in [1.165, 1.54) is 16.7 Å². The molecule has 1 unspecified atom stereocenters. The first-order valence-corrected chi connectivity index (χ1v) is 25.5. The molecule has 3 aromatic carbocycles. The van der Waals surface area contributed by atoms with Gasteiger partial charge < -0.3 is 0 Å².